The van der Waals surface area contributed by atoms with E-state index in [0.29, 0.717) is 10.6 Å². The van der Waals surface area contributed by atoms with E-state index in [9.17, 15) is 4.79 Å². The summed E-state index contributed by atoms with van der Waals surface area (Å²) < 4.78 is 11.7. The SMILES string of the molecule is CCN(CC)c1ccc(C2(/C=C(/c3c(C)n(CC)c4c(C)cc(C)cc34)c3c(C)n(CC)c4c(C)cc(Cl)cc34)OC(=O)c3cc(N(C)C)ccc32)cc1. The predicted octanol–water partition coefficient (Wildman–Crippen LogP) is 11.3. The molecule has 0 N–H and O–H groups in total. The molecule has 4 aromatic carbocycles. The number of hydrogen-bond donors (Lipinski definition) is 0. The first-order chi connectivity index (χ1) is 25.8. The molecule has 6 nitrogen and oxygen atoms in total. The van der Waals surface area contributed by atoms with Gasteiger partial charge in [0, 0.05) is 101 Å². The van der Waals surface area contributed by atoms with Crippen molar-refractivity contribution in [3.8, 4) is 0 Å². The topological polar surface area (TPSA) is 42.6 Å². The van der Waals surface area contributed by atoms with Gasteiger partial charge >= 0.3 is 5.97 Å². The van der Waals surface area contributed by atoms with Gasteiger partial charge in [0.15, 0.2) is 5.60 Å². The molecule has 54 heavy (non-hydrogen) atoms. The third-order valence-electron chi connectivity index (χ3n) is 11.7. The van der Waals surface area contributed by atoms with Crippen LogP contribution in [0.3, 0.4) is 0 Å². The number of anilines is 2. The minimum absolute atomic E-state index is 0.330. The molecule has 0 amide bonds. The fraction of sp³-hybridized carbons (Fsp3) is 0.340. The Labute approximate surface area is 325 Å². The van der Waals surface area contributed by atoms with Crippen LogP contribution >= 0.6 is 11.6 Å². The summed E-state index contributed by atoms with van der Waals surface area (Å²) in [7, 11) is 3.99. The van der Waals surface area contributed by atoms with E-state index < -0.39 is 5.60 Å². The van der Waals surface area contributed by atoms with E-state index in [0.717, 1.165) is 82.0 Å². The molecule has 7 heteroatoms. The van der Waals surface area contributed by atoms with Crippen LogP contribution in [0.15, 0.2) is 72.8 Å². The number of esters is 1. The number of ether oxygens (including phenoxy) is 1. The Kier molecular flexibility index (Phi) is 9.72. The number of benzene rings is 4. The van der Waals surface area contributed by atoms with Gasteiger partial charge in [0.1, 0.15) is 0 Å². The zero-order valence-electron chi connectivity index (χ0n) is 33.7. The highest BCUT2D eigenvalue weighted by molar-refractivity contribution is 6.31. The Hall–Kier alpha value is -4.94. The van der Waals surface area contributed by atoms with Crippen molar-refractivity contribution < 1.29 is 9.53 Å². The number of aromatic nitrogens is 2. The lowest BCUT2D eigenvalue weighted by atomic mass is 9.80. The summed E-state index contributed by atoms with van der Waals surface area (Å²) in [4.78, 5) is 18.6. The van der Waals surface area contributed by atoms with Gasteiger partial charge in [-0.3, -0.25) is 0 Å². The maximum Gasteiger partial charge on any atom is 0.340 e. The number of fused-ring (bicyclic) bond motifs is 3. The molecule has 0 radical (unpaired) electrons. The van der Waals surface area contributed by atoms with Gasteiger partial charge in [0.05, 0.1) is 16.6 Å². The average molecular weight is 741 g/mol. The highest BCUT2D eigenvalue weighted by Crippen LogP contribution is 2.50. The van der Waals surface area contributed by atoms with Crippen molar-refractivity contribution >= 4 is 56.3 Å². The van der Waals surface area contributed by atoms with Gasteiger partial charge in [0.25, 0.3) is 0 Å². The average Bonchev–Trinajstić information content (AvgIpc) is 3.70. The lowest BCUT2D eigenvalue weighted by Gasteiger charge is -2.29. The van der Waals surface area contributed by atoms with Crippen molar-refractivity contribution in [2.75, 3.05) is 37.0 Å². The van der Waals surface area contributed by atoms with Crippen LogP contribution < -0.4 is 9.80 Å². The minimum Gasteiger partial charge on any atom is -0.441 e. The summed E-state index contributed by atoms with van der Waals surface area (Å²) in [6.45, 7) is 23.2. The number of halogens is 1. The van der Waals surface area contributed by atoms with Crippen LogP contribution in [-0.4, -0.2) is 42.3 Å². The third-order valence-corrected chi connectivity index (χ3v) is 11.9. The molecule has 1 unspecified atom stereocenters. The molecule has 3 heterocycles. The van der Waals surface area contributed by atoms with E-state index in [-0.39, 0.29) is 5.97 Å². The minimum atomic E-state index is -1.22. The molecule has 0 aliphatic carbocycles. The molecular weight excluding hydrogens is 688 g/mol. The summed E-state index contributed by atoms with van der Waals surface area (Å²) in [5.74, 6) is -0.330. The number of carbonyl (C=O) groups excluding carboxylic acids is 1. The second kappa shape index (κ2) is 14.0. The van der Waals surface area contributed by atoms with Crippen molar-refractivity contribution in [2.45, 2.75) is 81.0 Å². The standard InChI is InChI=1S/C47H53ClN4O2/c1-12-50(13-2)35-18-16-33(17-19-35)47(41-21-20-36(49(10)11)26-37(41)46(53)54-47)27-40(42-31(8)51(14-3)44-29(6)22-28(5)23-38(42)44)43-32(9)52(15-4)45-30(7)24-34(48)25-39(43)45/h16-27H,12-15H2,1-11H3/b40-27-. The van der Waals surface area contributed by atoms with E-state index in [2.05, 4.69) is 143 Å². The Bertz CT molecular complexity index is 2380. The second-order valence-corrected chi connectivity index (χ2v) is 15.5. The van der Waals surface area contributed by atoms with Crippen LogP contribution in [-0.2, 0) is 23.4 Å². The molecule has 1 atom stereocenters. The molecule has 1 aliphatic heterocycles. The second-order valence-electron chi connectivity index (χ2n) is 15.0. The van der Waals surface area contributed by atoms with Crippen LogP contribution in [0, 0.1) is 34.6 Å². The fourth-order valence-corrected chi connectivity index (χ4v) is 9.48. The van der Waals surface area contributed by atoms with E-state index in [4.69, 9.17) is 16.3 Å². The van der Waals surface area contributed by atoms with Crippen LogP contribution in [0.2, 0.25) is 5.02 Å². The van der Waals surface area contributed by atoms with Crippen LogP contribution in [0.5, 0.6) is 0 Å². The number of rotatable bonds is 10. The Morgan fingerprint density at radius 3 is 1.85 bits per heavy atom. The van der Waals surface area contributed by atoms with Crippen molar-refractivity contribution in [1.29, 1.82) is 0 Å². The lowest BCUT2D eigenvalue weighted by molar-refractivity contribution is 0.0276. The summed E-state index contributed by atoms with van der Waals surface area (Å²) >= 11 is 6.92. The normalized spacial score (nSPS) is 15.7. The van der Waals surface area contributed by atoms with Gasteiger partial charge in [-0.15, -0.1) is 0 Å². The van der Waals surface area contributed by atoms with Crippen molar-refractivity contribution in [2.24, 2.45) is 0 Å². The molecule has 1 aliphatic rings. The van der Waals surface area contributed by atoms with Gasteiger partial charge in [-0.25, -0.2) is 4.79 Å². The third kappa shape index (κ3) is 5.72. The van der Waals surface area contributed by atoms with Crippen LogP contribution in [0.25, 0.3) is 27.4 Å². The molecule has 0 spiro atoms. The largest absolute Gasteiger partial charge is 0.441 e. The van der Waals surface area contributed by atoms with Crippen molar-refractivity contribution in [1.82, 2.24) is 9.13 Å². The highest BCUT2D eigenvalue weighted by Gasteiger charge is 2.47. The monoisotopic (exact) mass is 740 g/mol. The lowest BCUT2D eigenvalue weighted by Crippen LogP contribution is -2.27. The molecule has 0 saturated heterocycles. The molecular formula is C47H53ClN4O2. The number of nitrogens with zero attached hydrogens (tertiary/aromatic N) is 4. The van der Waals surface area contributed by atoms with Gasteiger partial charge in [-0.1, -0.05) is 41.4 Å². The maximum absolute atomic E-state index is 14.3. The van der Waals surface area contributed by atoms with E-state index in [1.165, 1.54) is 33.2 Å². The van der Waals surface area contributed by atoms with Crippen molar-refractivity contribution in [3.05, 3.63) is 134 Å². The molecule has 2 aromatic heterocycles. The number of carbonyl (C=O) groups is 1. The van der Waals surface area contributed by atoms with Gasteiger partial charge in [-0.2, -0.15) is 0 Å². The summed E-state index contributed by atoms with van der Waals surface area (Å²) in [5, 5.41) is 2.98. The fourth-order valence-electron chi connectivity index (χ4n) is 9.20. The zero-order chi connectivity index (χ0) is 38.8. The first-order valence-electron chi connectivity index (χ1n) is 19.3. The molecule has 0 bridgehead atoms. The van der Waals surface area contributed by atoms with Gasteiger partial charge in [0.2, 0.25) is 0 Å². The van der Waals surface area contributed by atoms with E-state index in [1.54, 1.807) is 0 Å². The predicted molar refractivity (Wildman–Crippen MR) is 228 cm³/mol. The van der Waals surface area contributed by atoms with E-state index in [1.807, 2.05) is 25.1 Å². The first-order valence-corrected chi connectivity index (χ1v) is 19.7. The Morgan fingerprint density at radius 2 is 1.30 bits per heavy atom. The van der Waals surface area contributed by atoms with Crippen LogP contribution in [0.4, 0.5) is 11.4 Å². The first kappa shape index (κ1) is 37.4. The zero-order valence-corrected chi connectivity index (χ0v) is 34.5. The number of cyclic esters (lactones) is 1. The van der Waals surface area contributed by atoms with Gasteiger partial charge < -0.3 is 23.7 Å². The molecule has 0 fully saturated rings. The van der Waals surface area contributed by atoms with Crippen molar-refractivity contribution in [3.63, 3.8) is 0 Å². The summed E-state index contributed by atoms with van der Waals surface area (Å²) in [6, 6.07) is 23.5. The highest BCUT2D eigenvalue weighted by atomic mass is 35.5. The summed E-state index contributed by atoms with van der Waals surface area (Å²) in [5.41, 5.74) is 14.7. The Balaban J connectivity index is 1.68. The molecule has 6 aromatic rings. The van der Waals surface area contributed by atoms with E-state index >= 15 is 0 Å². The molecule has 0 saturated carbocycles. The van der Waals surface area contributed by atoms with Crippen LogP contribution in [0.1, 0.15) is 88.4 Å². The molecule has 7 rings (SSSR count). The quantitative estimate of drug-likeness (QED) is 0.131. The molecule has 280 valence electrons. The smallest absolute Gasteiger partial charge is 0.340 e. The number of aryl methyl sites for hydroxylation is 5. The van der Waals surface area contributed by atoms with Gasteiger partial charge in [-0.05, 0) is 128 Å². The number of hydrogen-bond acceptors (Lipinski definition) is 4. The summed E-state index contributed by atoms with van der Waals surface area (Å²) in [6.07, 6.45) is 2.26. The maximum atomic E-state index is 14.3. The Morgan fingerprint density at radius 1 is 0.741 bits per heavy atom.